The number of aliphatic carboxylic acids is 2. The van der Waals surface area contributed by atoms with Crippen molar-refractivity contribution in [3.05, 3.63) is 128 Å². The van der Waals surface area contributed by atoms with Crippen LogP contribution in [0.2, 0.25) is 0 Å². The third-order valence-electron chi connectivity index (χ3n) is 7.91. The summed E-state index contributed by atoms with van der Waals surface area (Å²) in [6.45, 7) is 6.28. The van der Waals surface area contributed by atoms with Crippen LogP contribution < -0.4 is 29.6 Å². The normalized spacial score (nSPS) is 16.3. The molecule has 4 N–H and O–H groups in total. The Bertz CT molecular complexity index is 1690. The summed E-state index contributed by atoms with van der Waals surface area (Å²) in [6.07, 6.45) is -0.161. The Morgan fingerprint density at radius 2 is 0.962 bits per heavy atom. The predicted octanol–water partition coefficient (Wildman–Crippen LogP) is 4.98. The van der Waals surface area contributed by atoms with Crippen molar-refractivity contribution in [1.29, 1.82) is 0 Å². The molecule has 16 nitrogen and oxygen atoms in total. The molecule has 0 spiro atoms. The van der Waals surface area contributed by atoms with E-state index in [9.17, 15) is 20.2 Å². The number of benzene rings is 4. The molecular weight excluding hydrogens is 680 g/mol. The SMILES string of the molecule is CC(NCc1ccc([N+](=O)[O-])cc1)C1COc2ccccc2O1.CC(NCc1ccc([N+](=O)[O-])cc1)C1COc2ccccc2O1.O=C(O)C(=O)O. The zero-order chi connectivity index (χ0) is 37.6. The molecule has 4 aromatic rings. The Kier molecular flexibility index (Phi) is 13.8. The van der Waals surface area contributed by atoms with Crippen LogP contribution in [0.25, 0.3) is 0 Å². The number of nitro groups is 2. The second kappa shape index (κ2) is 18.7. The van der Waals surface area contributed by atoms with Gasteiger partial charge in [-0.15, -0.1) is 0 Å². The molecular formula is C36H38N4O12. The van der Waals surface area contributed by atoms with Crippen LogP contribution in [0, 0.1) is 20.2 Å². The van der Waals surface area contributed by atoms with Gasteiger partial charge in [-0.05, 0) is 49.2 Å². The van der Waals surface area contributed by atoms with Gasteiger partial charge in [0.1, 0.15) is 25.4 Å². The molecule has 4 aromatic carbocycles. The minimum Gasteiger partial charge on any atom is -0.486 e. The number of carbonyl (C=O) groups is 2. The first-order chi connectivity index (χ1) is 24.9. The van der Waals surface area contributed by atoms with Gasteiger partial charge in [0.05, 0.1) is 9.85 Å². The Labute approximate surface area is 298 Å². The molecule has 2 aliphatic rings. The summed E-state index contributed by atoms with van der Waals surface area (Å²) in [7, 11) is 0. The highest BCUT2D eigenvalue weighted by molar-refractivity contribution is 6.27. The van der Waals surface area contributed by atoms with E-state index in [2.05, 4.69) is 10.6 Å². The molecule has 4 atom stereocenters. The van der Waals surface area contributed by atoms with Gasteiger partial charge in [0.2, 0.25) is 0 Å². The summed E-state index contributed by atoms with van der Waals surface area (Å²) in [5.41, 5.74) is 2.17. The lowest BCUT2D eigenvalue weighted by atomic mass is 10.1. The average Bonchev–Trinajstić information content (AvgIpc) is 3.16. The van der Waals surface area contributed by atoms with E-state index in [4.69, 9.17) is 38.7 Å². The van der Waals surface area contributed by atoms with E-state index in [1.54, 1.807) is 24.3 Å². The van der Waals surface area contributed by atoms with Gasteiger partial charge in [-0.2, -0.15) is 0 Å². The number of nitrogens with zero attached hydrogens (tertiary/aromatic N) is 2. The first-order valence-corrected chi connectivity index (χ1v) is 16.1. The van der Waals surface area contributed by atoms with Gasteiger partial charge in [-0.3, -0.25) is 20.2 Å². The predicted molar refractivity (Wildman–Crippen MR) is 187 cm³/mol. The van der Waals surface area contributed by atoms with Crippen molar-refractivity contribution in [3.8, 4) is 23.0 Å². The maximum absolute atomic E-state index is 10.6. The van der Waals surface area contributed by atoms with Crippen LogP contribution >= 0.6 is 0 Å². The molecule has 0 saturated carbocycles. The van der Waals surface area contributed by atoms with Crippen LogP contribution in [0.3, 0.4) is 0 Å². The molecule has 0 aliphatic carbocycles. The summed E-state index contributed by atoms with van der Waals surface area (Å²) in [4.78, 5) is 38.7. The molecule has 2 aliphatic heterocycles. The zero-order valence-electron chi connectivity index (χ0n) is 28.2. The van der Waals surface area contributed by atoms with Crippen molar-refractivity contribution in [2.45, 2.75) is 51.2 Å². The number of nitrogens with one attached hydrogen (secondary N) is 2. The van der Waals surface area contributed by atoms with Gasteiger partial charge in [0, 0.05) is 49.4 Å². The van der Waals surface area contributed by atoms with E-state index in [1.165, 1.54) is 24.3 Å². The van der Waals surface area contributed by atoms with Crippen molar-refractivity contribution in [3.63, 3.8) is 0 Å². The summed E-state index contributed by atoms with van der Waals surface area (Å²) in [5.74, 6) is -0.594. The summed E-state index contributed by atoms with van der Waals surface area (Å²) >= 11 is 0. The van der Waals surface area contributed by atoms with Crippen LogP contribution in [0.4, 0.5) is 11.4 Å². The highest BCUT2D eigenvalue weighted by Gasteiger charge is 2.27. The largest absolute Gasteiger partial charge is 0.486 e. The smallest absolute Gasteiger partial charge is 0.414 e. The van der Waals surface area contributed by atoms with Gasteiger partial charge in [-0.25, -0.2) is 9.59 Å². The minimum absolute atomic E-state index is 0.0806. The van der Waals surface area contributed by atoms with Crippen molar-refractivity contribution in [2.24, 2.45) is 0 Å². The highest BCUT2D eigenvalue weighted by Crippen LogP contribution is 2.32. The average molecular weight is 719 g/mol. The molecule has 0 fully saturated rings. The maximum Gasteiger partial charge on any atom is 0.414 e. The molecule has 274 valence electrons. The number of para-hydroxylation sites is 4. The van der Waals surface area contributed by atoms with Gasteiger partial charge < -0.3 is 39.8 Å². The molecule has 2 heterocycles. The molecule has 0 amide bonds. The number of hydrogen-bond acceptors (Lipinski definition) is 12. The van der Waals surface area contributed by atoms with Crippen molar-refractivity contribution in [2.75, 3.05) is 13.2 Å². The molecule has 0 bridgehead atoms. The van der Waals surface area contributed by atoms with Gasteiger partial charge >= 0.3 is 11.9 Å². The van der Waals surface area contributed by atoms with E-state index in [-0.39, 0.29) is 35.7 Å². The van der Waals surface area contributed by atoms with Crippen LogP contribution in [-0.2, 0) is 22.7 Å². The second-order valence-electron chi connectivity index (χ2n) is 11.6. The Morgan fingerprint density at radius 1 is 0.635 bits per heavy atom. The highest BCUT2D eigenvalue weighted by atomic mass is 16.6. The Morgan fingerprint density at radius 3 is 1.27 bits per heavy atom. The number of carboxylic acid groups (broad SMARTS) is 2. The van der Waals surface area contributed by atoms with Crippen molar-refractivity contribution >= 4 is 23.3 Å². The monoisotopic (exact) mass is 718 g/mol. The number of carboxylic acids is 2. The minimum atomic E-state index is -1.82. The van der Waals surface area contributed by atoms with Crippen molar-refractivity contribution in [1.82, 2.24) is 10.6 Å². The molecule has 52 heavy (non-hydrogen) atoms. The third-order valence-corrected chi connectivity index (χ3v) is 7.91. The van der Waals surface area contributed by atoms with Crippen LogP contribution in [0.5, 0.6) is 23.0 Å². The quantitative estimate of drug-likeness (QED) is 0.0965. The standard InChI is InChI=1S/2C17H18N2O4.C2H2O4/c2*1-12(17-11-22-15-4-2-3-5-16(15)23-17)18-10-13-6-8-14(9-7-13)19(20)21;3-1(4)2(5)6/h2*2-9,12,17-18H,10-11H2,1H3;(H,3,4)(H,5,6). The number of fused-ring (bicyclic) bond motifs is 2. The van der Waals surface area contributed by atoms with Crippen molar-refractivity contribution < 1.29 is 48.6 Å². The number of ether oxygens (including phenoxy) is 4. The number of rotatable bonds is 10. The van der Waals surface area contributed by atoms with E-state index < -0.39 is 21.8 Å². The first-order valence-electron chi connectivity index (χ1n) is 16.1. The summed E-state index contributed by atoms with van der Waals surface area (Å²) < 4.78 is 23.3. The Hall–Kier alpha value is -6.26. The van der Waals surface area contributed by atoms with E-state index >= 15 is 0 Å². The zero-order valence-corrected chi connectivity index (χ0v) is 28.2. The lowest BCUT2D eigenvalue weighted by molar-refractivity contribution is -0.385. The number of nitro benzene ring substituents is 2. The number of non-ortho nitro benzene ring substituents is 2. The van der Waals surface area contributed by atoms with Gasteiger partial charge in [-0.1, -0.05) is 48.5 Å². The lowest BCUT2D eigenvalue weighted by Crippen LogP contribution is -2.45. The third kappa shape index (κ3) is 11.4. The molecule has 16 heteroatoms. The molecule has 0 saturated heterocycles. The van der Waals surface area contributed by atoms with Crippen LogP contribution in [-0.4, -0.2) is 69.5 Å². The fraction of sp³-hybridized carbons (Fsp3) is 0.278. The lowest BCUT2D eigenvalue weighted by Gasteiger charge is -2.31. The molecule has 0 aromatic heterocycles. The summed E-state index contributed by atoms with van der Waals surface area (Å²) in [6, 6.07) is 28.5. The fourth-order valence-electron chi connectivity index (χ4n) is 4.86. The van der Waals surface area contributed by atoms with E-state index in [0.717, 1.165) is 34.1 Å². The van der Waals surface area contributed by atoms with Gasteiger partial charge in [0.25, 0.3) is 11.4 Å². The molecule has 6 rings (SSSR count). The van der Waals surface area contributed by atoms with Crippen LogP contribution in [0.1, 0.15) is 25.0 Å². The molecule has 4 unspecified atom stereocenters. The first kappa shape index (κ1) is 38.5. The summed E-state index contributed by atoms with van der Waals surface area (Å²) in [5, 5.41) is 42.8. The van der Waals surface area contributed by atoms with Gasteiger partial charge in [0.15, 0.2) is 23.0 Å². The molecule has 0 radical (unpaired) electrons. The van der Waals surface area contributed by atoms with E-state index in [1.807, 2.05) is 62.4 Å². The maximum atomic E-state index is 10.6. The topological polar surface area (TPSA) is 222 Å². The second-order valence-corrected chi connectivity index (χ2v) is 11.6. The Balaban J connectivity index is 0.000000202. The van der Waals surface area contributed by atoms with E-state index in [0.29, 0.717) is 26.3 Å². The van der Waals surface area contributed by atoms with Crippen LogP contribution in [0.15, 0.2) is 97.1 Å². The fourth-order valence-corrected chi connectivity index (χ4v) is 4.86. The number of hydrogen-bond donors (Lipinski definition) is 4.